The summed E-state index contributed by atoms with van der Waals surface area (Å²) in [5.41, 5.74) is -0.936. The molecule has 6 rings (SSSR count). The van der Waals surface area contributed by atoms with Crippen molar-refractivity contribution in [3.63, 3.8) is 0 Å². The van der Waals surface area contributed by atoms with Crippen LogP contribution in [0, 0.1) is 23.4 Å². The summed E-state index contributed by atoms with van der Waals surface area (Å²) in [4.78, 5) is 71.4. The Morgan fingerprint density at radius 1 is 1.02 bits per heavy atom. The lowest BCUT2D eigenvalue weighted by atomic mass is 10.0. The maximum atomic E-state index is 14.4. The van der Waals surface area contributed by atoms with E-state index in [4.69, 9.17) is 9.47 Å². The molecule has 4 unspecified atom stereocenters. The molecule has 12 nitrogen and oxygen atoms in total. The largest absolute Gasteiger partial charge is 0.444 e. The Kier molecular flexibility index (Phi) is 11.8. The molecule has 0 bridgehead atoms. The zero-order valence-electron chi connectivity index (χ0n) is 31.3. The molecule has 2 aromatic rings. The summed E-state index contributed by atoms with van der Waals surface area (Å²) in [7, 11) is 0. The van der Waals surface area contributed by atoms with Gasteiger partial charge in [0.15, 0.2) is 0 Å². The minimum Gasteiger partial charge on any atom is -0.444 e. The first kappa shape index (κ1) is 39.6. The molecule has 1 saturated heterocycles. The highest BCUT2D eigenvalue weighted by Crippen LogP contribution is 2.45. The van der Waals surface area contributed by atoms with Crippen molar-refractivity contribution in [1.82, 2.24) is 25.8 Å². The summed E-state index contributed by atoms with van der Waals surface area (Å²) in [6.45, 7) is 5.08. The summed E-state index contributed by atoms with van der Waals surface area (Å²) in [6.07, 6.45) is 4.70. The average Bonchev–Trinajstić information content (AvgIpc) is 3.41. The number of allylic oxidation sites excluding steroid dienone is 1. The lowest BCUT2D eigenvalue weighted by Gasteiger charge is -2.30. The first-order chi connectivity index (χ1) is 26.1. The fourth-order valence-corrected chi connectivity index (χ4v) is 7.54. The van der Waals surface area contributed by atoms with Crippen LogP contribution >= 0.6 is 0 Å². The van der Waals surface area contributed by atoms with Crippen molar-refractivity contribution in [1.29, 1.82) is 0 Å². The van der Waals surface area contributed by atoms with Gasteiger partial charge < -0.3 is 30.3 Å². The molecule has 2 fully saturated rings. The Bertz CT molecular complexity index is 1850. The topological polar surface area (TPSA) is 146 Å². The van der Waals surface area contributed by atoms with Crippen LogP contribution in [0.15, 0.2) is 48.6 Å². The first-order valence-corrected chi connectivity index (χ1v) is 18.9. The number of halogens is 3. The van der Waals surface area contributed by atoms with Crippen LogP contribution in [0.4, 0.5) is 22.8 Å². The van der Waals surface area contributed by atoms with Crippen LogP contribution in [0.1, 0.15) is 82.4 Å². The molecule has 15 heteroatoms. The number of amides is 5. The lowest BCUT2D eigenvalue weighted by molar-refractivity contribution is -0.141. The smallest absolute Gasteiger partial charge is 0.410 e. The van der Waals surface area contributed by atoms with Crippen LogP contribution in [0.5, 0.6) is 0 Å². The van der Waals surface area contributed by atoms with Gasteiger partial charge in [0.25, 0.3) is 0 Å². The van der Waals surface area contributed by atoms with E-state index in [9.17, 15) is 37.1 Å². The molecule has 296 valence electrons. The number of hydrogen-bond acceptors (Lipinski definition) is 7. The minimum absolute atomic E-state index is 0.00232. The molecule has 5 amide bonds. The molecule has 2 aromatic carbocycles. The van der Waals surface area contributed by atoms with Crippen molar-refractivity contribution < 1.29 is 46.6 Å². The molecule has 3 heterocycles. The number of carbonyl (C=O) groups excluding carboxylic acids is 5. The number of fused-ring (bicyclic) bond motifs is 3. The van der Waals surface area contributed by atoms with E-state index in [-0.39, 0.29) is 63.3 Å². The highest BCUT2D eigenvalue weighted by Gasteiger charge is 2.61. The van der Waals surface area contributed by atoms with Crippen LogP contribution in [-0.4, -0.2) is 82.1 Å². The van der Waals surface area contributed by atoms with Crippen molar-refractivity contribution in [3.05, 3.63) is 82.7 Å². The third kappa shape index (κ3) is 9.42. The number of alkyl carbamates (subject to hydrolysis) is 1. The second-order valence-electron chi connectivity index (χ2n) is 15.8. The Morgan fingerprint density at radius 3 is 2.56 bits per heavy atom. The minimum atomic E-state index is -1.36. The molecule has 5 atom stereocenters. The fourth-order valence-electron chi connectivity index (χ4n) is 7.54. The predicted molar refractivity (Wildman–Crippen MR) is 193 cm³/mol. The molecule has 3 aliphatic heterocycles. The standard InChI is InChI=1S/C40H48F3N5O7/c1-39(2,3)55-37(52)45-32-13-8-6-4-5-7-11-26-20-40(26,36(51)44-17-16-24-14-15-27(41)18-31(24)43)46-34(49)33-19-28(22-48(33)35(32)50)54-38(53)47-21-25-10-9-12-30(42)29(25)23-47/h7,9-12,14-15,18,26,28,32-33H,4-6,8,13,16-17,19-23H2,1-3H3,(H,44,51)(H,45,52)(H,46,49)/t26?,28?,32?,33-,40?/m0/s1. The number of benzene rings is 2. The Hall–Kier alpha value is -5.08. The van der Waals surface area contributed by atoms with Crippen LogP contribution in [0.3, 0.4) is 0 Å². The van der Waals surface area contributed by atoms with Gasteiger partial charge in [0, 0.05) is 37.1 Å². The molecule has 55 heavy (non-hydrogen) atoms. The fraction of sp³-hybridized carbons (Fsp3) is 0.525. The van der Waals surface area contributed by atoms with Gasteiger partial charge in [-0.3, -0.25) is 19.3 Å². The van der Waals surface area contributed by atoms with E-state index in [0.29, 0.717) is 24.0 Å². The van der Waals surface area contributed by atoms with E-state index in [0.717, 1.165) is 25.0 Å². The zero-order chi connectivity index (χ0) is 39.5. The second kappa shape index (κ2) is 16.3. The molecule has 3 N–H and O–H groups in total. The molecule has 1 saturated carbocycles. The maximum Gasteiger partial charge on any atom is 0.410 e. The van der Waals surface area contributed by atoms with Gasteiger partial charge >= 0.3 is 12.2 Å². The molecule has 0 spiro atoms. The Balaban J connectivity index is 1.22. The van der Waals surface area contributed by atoms with E-state index in [1.165, 1.54) is 21.9 Å². The molecule has 0 aromatic heterocycles. The highest BCUT2D eigenvalue weighted by molar-refractivity contribution is 5.98. The predicted octanol–water partition coefficient (Wildman–Crippen LogP) is 5.17. The third-order valence-corrected chi connectivity index (χ3v) is 10.5. The highest BCUT2D eigenvalue weighted by atomic mass is 19.1. The zero-order valence-corrected chi connectivity index (χ0v) is 31.3. The van der Waals surface area contributed by atoms with E-state index in [2.05, 4.69) is 16.0 Å². The van der Waals surface area contributed by atoms with Gasteiger partial charge in [-0.1, -0.05) is 43.2 Å². The maximum absolute atomic E-state index is 14.4. The summed E-state index contributed by atoms with van der Waals surface area (Å²) < 4.78 is 53.4. The molecular formula is C40H48F3N5O7. The molecule has 1 aliphatic carbocycles. The number of hydrogen-bond donors (Lipinski definition) is 3. The summed E-state index contributed by atoms with van der Waals surface area (Å²) in [5, 5.41) is 8.38. The van der Waals surface area contributed by atoms with Gasteiger partial charge in [-0.05, 0) is 76.1 Å². The van der Waals surface area contributed by atoms with Gasteiger partial charge in [0.2, 0.25) is 17.7 Å². The van der Waals surface area contributed by atoms with E-state index in [1.807, 2.05) is 12.2 Å². The number of carbonyl (C=O) groups is 5. The van der Waals surface area contributed by atoms with Crippen molar-refractivity contribution >= 4 is 29.9 Å². The van der Waals surface area contributed by atoms with Crippen molar-refractivity contribution in [2.75, 3.05) is 13.1 Å². The lowest BCUT2D eigenvalue weighted by Crippen LogP contribution is -2.58. The van der Waals surface area contributed by atoms with Gasteiger partial charge in [0.05, 0.1) is 13.1 Å². The molecular weight excluding hydrogens is 719 g/mol. The van der Waals surface area contributed by atoms with Gasteiger partial charge in [0.1, 0.15) is 46.8 Å². The summed E-state index contributed by atoms with van der Waals surface area (Å²) >= 11 is 0. The van der Waals surface area contributed by atoms with Gasteiger partial charge in [-0.25, -0.2) is 22.8 Å². The summed E-state index contributed by atoms with van der Waals surface area (Å²) in [5.74, 6) is -3.95. The van der Waals surface area contributed by atoms with E-state index < -0.39 is 76.7 Å². The van der Waals surface area contributed by atoms with Crippen LogP contribution in [-0.2, 0) is 43.4 Å². The normalized spacial score (nSPS) is 25.4. The second-order valence-corrected chi connectivity index (χ2v) is 15.8. The van der Waals surface area contributed by atoms with Crippen molar-refractivity contribution in [2.45, 2.75) is 115 Å². The van der Waals surface area contributed by atoms with Crippen molar-refractivity contribution in [2.24, 2.45) is 5.92 Å². The Labute approximate surface area is 318 Å². The number of nitrogens with zero attached hydrogens (tertiary/aromatic N) is 2. The monoisotopic (exact) mass is 767 g/mol. The summed E-state index contributed by atoms with van der Waals surface area (Å²) in [6, 6.07) is 5.59. The first-order valence-electron chi connectivity index (χ1n) is 18.9. The molecule has 0 radical (unpaired) electrons. The van der Waals surface area contributed by atoms with Gasteiger partial charge in [-0.15, -0.1) is 0 Å². The van der Waals surface area contributed by atoms with E-state index in [1.54, 1.807) is 32.9 Å². The van der Waals surface area contributed by atoms with E-state index >= 15 is 0 Å². The van der Waals surface area contributed by atoms with Crippen LogP contribution in [0.25, 0.3) is 0 Å². The quantitative estimate of drug-likeness (QED) is 0.344. The number of rotatable bonds is 6. The van der Waals surface area contributed by atoms with Gasteiger partial charge in [-0.2, -0.15) is 0 Å². The van der Waals surface area contributed by atoms with Crippen molar-refractivity contribution in [3.8, 4) is 0 Å². The third-order valence-electron chi connectivity index (χ3n) is 10.5. The Morgan fingerprint density at radius 2 is 1.82 bits per heavy atom. The van der Waals surface area contributed by atoms with Crippen LogP contribution < -0.4 is 16.0 Å². The number of ether oxygens (including phenoxy) is 2. The van der Waals surface area contributed by atoms with Crippen LogP contribution in [0.2, 0.25) is 0 Å². The number of nitrogens with one attached hydrogen (secondary N) is 3. The SMILES string of the molecule is CC(C)(C)OC(=O)NC1CCCCCC=CC2CC2(C(=O)NCCc2ccc(F)cc2F)NC(=O)[C@@H]2CC(OC(=O)N3Cc4cccc(F)c4C3)CN2C1=O. The average molecular weight is 768 g/mol. The molecule has 4 aliphatic rings.